The Kier molecular flexibility index (Phi) is 7.86. The molecule has 1 aromatic rings. The van der Waals surface area contributed by atoms with Crippen molar-refractivity contribution in [3.05, 3.63) is 33.3 Å². The standard InChI is InChI=1S/C13H20BrClN2O/c1-17(7-5-16-6-8-18-2)10-11-3-4-12(14)9-13(11)15/h3-4,9,16H,5-8,10H2,1-2H3. The summed E-state index contributed by atoms with van der Waals surface area (Å²) in [6.07, 6.45) is 0. The van der Waals surface area contributed by atoms with Gasteiger partial charge in [-0.25, -0.2) is 0 Å². The van der Waals surface area contributed by atoms with E-state index in [1.54, 1.807) is 7.11 Å². The number of methoxy groups -OCH3 is 1. The van der Waals surface area contributed by atoms with Crippen molar-refractivity contribution in [3.63, 3.8) is 0 Å². The van der Waals surface area contributed by atoms with Crippen molar-refractivity contribution in [2.45, 2.75) is 6.54 Å². The van der Waals surface area contributed by atoms with Crippen molar-refractivity contribution in [3.8, 4) is 0 Å². The summed E-state index contributed by atoms with van der Waals surface area (Å²) in [5.74, 6) is 0. The number of nitrogens with zero attached hydrogens (tertiary/aromatic N) is 1. The summed E-state index contributed by atoms with van der Waals surface area (Å²) in [7, 11) is 3.81. The van der Waals surface area contributed by atoms with Crippen LogP contribution in [0.25, 0.3) is 0 Å². The maximum atomic E-state index is 6.19. The van der Waals surface area contributed by atoms with Gasteiger partial charge in [-0.15, -0.1) is 0 Å². The van der Waals surface area contributed by atoms with Crippen LogP contribution in [0.3, 0.4) is 0 Å². The first kappa shape index (κ1) is 15.9. The minimum absolute atomic E-state index is 0.752. The zero-order valence-corrected chi connectivity index (χ0v) is 13.2. The zero-order valence-electron chi connectivity index (χ0n) is 10.9. The predicted octanol–water partition coefficient (Wildman–Crippen LogP) is 2.77. The molecule has 0 bridgehead atoms. The van der Waals surface area contributed by atoms with Gasteiger partial charge in [0.2, 0.25) is 0 Å². The topological polar surface area (TPSA) is 24.5 Å². The van der Waals surface area contributed by atoms with Crippen molar-refractivity contribution >= 4 is 27.5 Å². The normalized spacial score (nSPS) is 11.2. The summed E-state index contributed by atoms with van der Waals surface area (Å²) >= 11 is 9.60. The van der Waals surface area contributed by atoms with Crippen LogP contribution < -0.4 is 5.32 Å². The third kappa shape index (κ3) is 6.16. The maximum Gasteiger partial charge on any atom is 0.0587 e. The molecule has 5 heteroatoms. The lowest BCUT2D eigenvalue weighted by Gasteiger charge is -2.17. The van der Waals surface area contributed by atoms with E-state index >= 15 is 0 Å². The SMILES string of the molecule is COCCNCCN(C)Cc1ccc(Br)cc1Cl. The fourth-order valence-electron chi connectivity index (χ4n) is 1.59. The largest absolute Gasteiger partial charge is 0.383 e. The quantitative estimate of drug-likeness (QED) is 0.739. The molecule has 1 N–H and O–H groups in total. The third-order valence-electron chi connectivity index (χ3n) is 2.61. The molecular weight excluding hydrogens is 316 g/mol. The van der Waals surface area contributed by atoms with E-state index in [4.69, 9.17) is 16.3 Å². The van der Waals surface area contributed by atoms with Crippen LogP contribution >= 0.6 is 27.5 Å². The van der Waals surface area contributed by atoms with Crippen LogP contribution in [0, 0.1) is 0 Å². The molecule has 3 nitrogen and oxygen atoms in total. The summed E-state index contributed by atoms with van der Waals surface area (Å²) < 4.78 is 5.99. The smallest absolute Gasteiger partial charge is 0.0587 e. The molecule has 0 heterocycles. The third-order valence-corrected chi connectivity index (χ3v) is 3.45. The van der Waals surface area contributed by atoms with Gasteiger partial charge in [0, 0.05) is 42.8 Å². The lowest BCUT2D eigenvalue weighted by Crippen LogP contribution is -2.30. The molecule has 18 heavy (non-hydrogen) atoms. The molecular formula is C13H20BrClN2O. The molecule has 102 valence electrons. The first-order chi connectivity index (χ1) is 8.63. The van der Waals surface area contributed by atoms with Gasteiger partial charge in [0.1, 0.15) is 0 Å². The number of ether oxygens (including phenoxy) is 1. The van der Waals surface area contributed by atoms with Crippen LogP contribution in [-0.4, -0.2) is 45.3 Å². The van der Waals surface area contributed by atoms with Gasteiger partial charge in [0.15, 0.2) is 0 Å². The van der Waals surface area contributed by atoms with E-state index in [2.05, 4.69) is 39.3 Å². The van der Waals surface area contributed by atoms with Crippen LogP contribution in [0.4, 0.5) is 0 Å². The van der Waals surface area contributed by atoms with Crippen LogP contribution in [0.5, 0.6) is 0 Å². The van der Waals surface area contributed by atoms with E-state index in [0.29, 0.717) is 0 Å². The average molecular weight is 336 g/mol. The number of benzene rings is 1. The summed E-state index contributed by atoms with van der Waals surface area (Å²) in [6, 6.07) is 6.01. The number of hydrogen-bond acceptors (Lipinski definition) is 3. The van der Waals surface area contributed by atoms with Crippen LogP contribution in [0.1, 0.15) is 5.56 Å². The van der Waals surface area contributed by atoms with E-state index in [1.165, 1.54) is 0 Å². The highest BCUT2D eigenvalue weighted by molar-refractivity contribution is 9.10. The first-order valence-electron chi connectivity index (χ1n) is 5.95. The van der Waals surface area contributed by atoms with Crippen molar-refractivity contribution in [2.24, 2.45) is 0 Å². The van der Waals surface area contributed by atoms with Crippen LogP contribution in [0.15, 0.2) is 22.7 Å². The highest BCUT2D eigenvalue weighted by Gasteiger charge is 2.04. The zero-order chi connectivity index (χ0) is 13.4. The second-order valence-electron chi connectivity index (χ2n) is 4.22. The number of halogens is 2. The Morgan fingerprint density at radius 3 is 2.83 bits per heavy atom. The number of nitrogens with one attached hydrogen (secondary N) is 1. The minimum Gasteiger partial charge on any atom is -0.383 e. The molecule has 0 aliphatic heterocycles. The Labute approximate surface area is 123 Å². The molecule has 1 rings (SSSR count). The van der Waals surface area contributed by atoms with Crippen molar-refractivity contribution in [1.82, 2.24) is 10.2 Å². The van der Waals surface area contributed by atoms with E-state index < -0.39 is 0 Å². The van der Waals surface area contributed by atoms with Crippen molar-refractivity contribution < 1.29 is 4.74 Å². The molecule has 0 saturated carbocycles. The number of rotatable bonds is 8. The predicted molar refractivity (Wildman–Crippen MR) is 80.2 cm³/mol. The Morgan fingerprint density at radius 2 is 2.17 bits per heavy atom. The minimum atomic E-state index is 0.752. The van der Waals surface area contributed by atoms with Gasteiger partial charge in [-0.1, -0.05) is 33.6 Å². The number of hydrogen-bond donors (Lipinski definition) is 1. The Hall–Kier alpha value is -0.130. The molecule has 0 amide bonds. The summed E-state index contributed by atoms with van der Waals surface area (Å²) in [5.41, 5.74) is 1.15. The molecule has 0 unspecified atom stereocenters. The lowest BCUT2D eigenvalue weighted by atomic mass is 10.2. The van der Waals surface area contributed by atoms with Gasteiger partial charge in [-0.05, 0) is 24.7 Å². The maximum absolute atomic E-state index is 6.19. The fraction of sp³-hybridized carbons (Fsp3) is 0.538. The summed E-state index contributed by atoms with van der Waals surface area (Å²) in [6.45, 7) is 4.44. The average Bonchev–Trinajstić information content (AvgIpc) is 2.32. The van der Waals surface area contributed by atoms with Crippen LogP contribution in [0.2, 0.25) is 5.02 Å². The summed E-state index contributed by atoms with van der Waals surface area (Å²) in [5, 5.41) is 4.13. The fourth-order valence-corrected chi connectivity index (χ4v) is 2.32. The second-order valence-corrected chi connectivity index (χ2v) is 5.54. The van der Waals surface area contributed by atoms with E-state index in [1.807, 2.05) is 12.1 Å². The Bertz CT molecular complexity index is 363. The monoisotopic (exact) mass is 334 g/mol. The molecule has 0 aromatic heterocycles. The van der Waals surface area contributed by atoms with Gasteiger partial charge in [0.25, 0.3) is 0 Å². The van der Waals surface area contributed by atoms with Gasteiger partial charge in [-0.2, -0.15) is 0 Å². The Morgan fingerprint density at radius 1 is 1.39 bits per heavy atom. The van der Waals surface area contributed by atoms with Crippen molar-refractivity contribution in [2.75, 3.05) is 40.4 Å². The molecule has 0 spiro atoms. The molecule has 1 aromatic carbocycles. The van der Waals surface area contributed by atoms with E-state index in [-0.39, 0.29) is 0 Å². The molecule has 0 saturated heterocycles. The second kappa shape index (κ2) is 8.88. The summed E-state index contributed by atoms with van der Waals surface area (Å²) in [4.78, 5) is 2.24. The van der Waals surface area contributed by atoms with Gasteiger partial charge >= 0.3 is 0 Å². The highest BCUT2D eigenvalue weighted by atomic mass is 79.9. The van der Waals surface area contributed by atoms with Crippen molar-refractivity contribution in [1.29, 1.82) is 0 Å². The Balaban J connectivity index is 2.28. The van der Waals surface area contributed by atoms with E-state index in [9.17, 15) is 0 Å². The first-order valence-corrected chi connectivity index (χ1v) is 7.12. The van der Waals surface area contributed by atoms with Gasteiger partial charge in [0.05, 0.1) is 6.61 Å². The molecule has 0 aliphatic rings. The van der Waals surface area contributed by atoms with E-state index in [0.717, 1.165) is 47.8 Å². The molecule has 0 atom stereocenters. The molecule has 0 aliphatic carbocycles. The van der Waals surface area contributed by atoms with Gasteiger partial charge in [-0.3, -0.25) is 0 Å². The molecule has 0 radical (unpaired) electrons. The van der Waals surface area contributed by atoms with Gasteiger partial charge < -0.3 is 15.0 Å². The molecule has 0 fully saturated rings. The number of likely N-dealkylation sites (N-methyl/N-ethyl adjacent to an activating group) is 1. The van der Waals surface area contributed by atoms with Crippen LogP contribution in [-0.2, 0) is 11.3 Å². The highest BCUT2D eigenvalue weighted by Crippen LogP contribution is 2.22. The lowest BCUT2D eigenvalue weighted by molar-refractivity contribution is 0.197.